The Morgan fingerprint density at radius 2 is 2.09 bits per heavy atom. The third kappa shape index (κ3) is 4.07. The van der Waals surface area contributed by atoms with Gasteiger partial charge in [-0.15, -0.1) is 11.3 Å². The van der Waals surface area contributed by atoms with Crippen LogP contribution in [0.15, 0.2) is 11.2 Å². The number of nitrogens with one attached hydrogen (secondary N) is 2. The minimum Gasteiger partial charge on any atom is -0.356 e. The van der Waals surface area contributed by atoms with Gasteiger partial charge in [0.05, 0.1) is 10.7 Å². The summed E-state index contributed by atoms with van der Waals surface area (Å²) in [6.07, 6.45) is 2.82. The minimum atomic E-state index is 0.724. The van der Waals surface area contributed by atoms with Crippen molar-refractivity contribution < 1.29 is 0 Å². The normalized spacial score (nSPS) is 11.8. The van der Waals surface area contributed by atoms with Gasteiger partial charge in [-0.2, -0.15) is 5.10 Å². The van der Waals surface area contributed by atoms with E-state index in [4.69, 9.17) is 0 Å². The Labute approximate surface area is 135 Å². The topological polar surface area (TPSA) is 67.1 Å². The molecule has 2 rings (SSSR count). The van der Waals surface area contributed by atoms with Crippen LogP contribution in [0.5, 0.6) is 0 Å². The molecule has 0 aliphatic rings. The molecule has 0 spiro atoms. The number of aromatic nitrogens is 3. The lowest BCUT2D eigenvalue weighted by Gasteiger charge is -2.11. The average molecular weight is 320 g/mol. The van der Waals surface area contributed by atoms with Crippen molar-refractivity contribution in [2.45, 2.75) is 33.7 Å². The van der Waals surface area contributed by atoms with Crippen molar-refractivity contribution in [3.8, 4) is 0 Å². The van der Waals surface area contributed by atoms with Gasteiger partial charge in [-0.3, -0.25) is 9.67 Å². The van der Waals surface area contributed by atoms with E-state index >= 15 is 0 Å². The van der Waals surface area contributed by atoms with Crippen LogP contribution in [0.4, 0.5) is 0 Å². The Hall–Kier alpha value is -1.89. The molecule has 0 atom stereocenters. The van der Waals surface area contributed by atoms with Crippen LogP contribution in [-0.4, -0.2) is 34.3 Å². The first-order valence-electron chi connectivity index (χ1n) is 7.36. The first kappa shape index (κ1) is 16.5. The van der Waals surface area contributed by atoms with Crippen LogP contribution < -0.4 is 10.6 Å². The highest BCUT2D eigenvalue weighted by Gasteiger charge is 2.09. The smallest absolute Gasteiger partial charge is 0.191 e. The Balaban J connectivity index is 1.82. The number of hydrogen-bond donors (Lipinski definition) is 2. The summed E-state index contributed by atoms with van der Waals surface area (Å²) in [4.78, 5) is 9.87. The second-order valence-corrected chi connectivity index (χ2v) is 6.56. The van der Waals surface area contributed by atoms with Crippen LogP contribution in [0, 0.1) is 20.8 Å². The molecule has 0 saturated carbocycles. The van der Waals surface area contributed by atoms with Crippen molar-refractivity contribution >= 4 is 17.3 Å². The molecule has 0 aliphatic carbocycles. The number of thiazole rings is 1. The molecule has 0 aromatic carbocycles. The second-order valence-electron chi connectivity index (χ2n) is 5.24. The molecule has 0 aliphatic heterocycles. The molecule has 6 nitrogen and oxygen atoms in total. The van der Waals surface area contributed by atoms with Crippen LogP contribution in [0.25, 0.3) is 0 Å². The summed E-state index contributed by atoms with van der Waals surface area (Å²) in [7, 11) is 3.75. The minimum absolute atomic E-state index is 0.724. The summed E-state index contributed by atoms with van der Waals surface area (Å²) >= 11 is 1.74. The van der Waals surface area contributed by atoms with Gasteiger partial charge in [0.15, 0.2) is 5.96 Å². The Morgan fingerprint density at radius 3 is 2.64 bits per heavy atom. The number of rotatable bonds is 5. The van der Waals surface area contributed by atoms with Gasteiger partial charge in [-0.25, -0.2) is 4.98 Å². The van der Waals surface area contributed by atoms with E-state index in [9.17, 15) is 0 Å². The number of aliphatic imine (C=N–C) groups is 1. The van der Waals surface area contributed by atoms with E-state index < -0.39 is 0 Å². The zero-order valence-electron chi connectivity index (χ0n) is 13.9. The van der Waals surface area contributed by atoms with Crippen LogP contribution in [0.2, 0.25) is 0 Å². The van der Waals surface area contributed by atoms with Crippen LogP contribution in [0.1, 0.15) is 26.8 Å². The Morgan fingerprint density at radius 1 is 1.32 bits per heavy atom. The first-order valence-corrected chi connectivity index (χ1v) is 8.17. The molecule has 0 radical (unpaired) electrons. The third-order valence-corrected chi connectivity index (χ3v) is 4.59. The maximum absolute atomic E-state index is 4.43. The summed E-state index contributed by atoms with van der Waals surface area (Å²) in [6, 6.07) is 0. The Kier molecular flexibility index (Phi) is 5.54. The lowest BCUT2D eigenvalue weighted by Crippen LogP contribution is -2.38. The summed E-state index contributed by atoms with van der Waals surface area (Å²) in [6.45, 7) is 7.73. The first-order chi connectivity index (χ1) is 10.5. The van der Waals surface area contributed by atoms with Gasteiger partial charge in [0.25, 0.3) is 0 Å². The molecule has 0 fully saturated rings. The van der Waals surface area contributed by atoms with Gasteiger partial charge in [0.1, 0.15) is 0 Å². The van der Waals surface area contributed by atoms with E-state index in [2.05, 4.69) is 39.6 Å². The predicted octanol–water partition coefficient (Wildman–Crippen LogP) is 1.71. The molecule has 2 N–H and O–H groups in total. The summed E-state index contributed by atoms with van der Waals surface area (Å²) in [5.41, 5.74) is 3.46. The highest BCUT2D eigenvalue weighted by atomic mass is 32.1. The van der Waals surface area contributed by atoms with Gasteiger partial charge in [0, 0.05) is 55.9 Å². The molecule has 7 heteroatoms. The van der Waals surface area contributed by atoms with E-state index in [1.165, 1.54) is 16.1 Å². The van der Waals surface area contributed by atoms with E-state index in [1.807, 2.05) is 24.9 Å². The second kappa shape index (κ2) is 7.40. The van der Waals surface area contributed by atoms with Crippen molar-refractivity contribution in [3.05, 3.63) is 33.0 Å². The van der Waals surface area contributed by atoms with Crippen LogP contribution in [-0.2, 0) is 20.0 Å². The number of aryl methyl sites for hydroxylation is 3. The van der Waals surface area contributed by atoms with Crippen molar-refractivity contribution in [3.63, 3.8) is 0 Å². The maximum Gasteiger partial charge on any atom is 0.191 e. The standard InChI is InChI=1S/C15H24N6S/c1-10-8-18-14(22-10)6-7-17-15(16-4)19-9-13-11(2)20-21(5)12(13)3/h8H,6-7,9H2,1-5H3,(H2,16,17,19). The molecule has 0 saturated heterocycles. The summed E-state index contributed by atoms with van der Waals surface area (Å²) in [5, 5.41) is 12.2. The van der Waals surface area contributed by atoms with Crippen molar-refractivity contribution in [2.75, 3.05) is 13.6 Å². The molecule has 22 heavy (non-hydrogen) atoms. The Bertz CT molecular complexity index is 655. The molecule has 0 bridgehead atoms. The third-order valence-electron chi connectivity index (χ3n) is 3.62. The van der Waals surface area contributed by atoms with Crippen molar-refractivity contribution in [1.29, 1.82) is 0 Å². The van der Waals surface area contributed by atoms with Gasteiger partial charge in [0.2, 0.25) is 0 Å². The monoisotopic (exact) mass is 320 g/mol. The molecule has 0 amide bonds. The van der Waals surface area contributed by atoms with Gasteiger partial charge in [-0.05, 0) is 20.8 Å². The molecule has 120 valence electrons. The maximum atomic E-state index is 4.43. The van der Waals surface area contributed by atoms with E-state index in [0.29, 0.717) is 0 Å². The molecular formula is C15H24N6S. The molecule has 0 unspecified atom stereocenters. The number of hydrogen-bond acceptors (Lipinski definition) is 4. The average Bonchev–Trinajstić information content (AvgIpc) is 2.99. The van der Waals surface area contributed by atoms with Gasteiger partial charge < -0.3 is 10.6 Å². The van der Waals surface area contributed by atoms with Crippen LogP contribution in [0.3, 0.4) is 0 Å². The molecule has 2 aromatic heterocycles. The zero-order chi connectivity index (χ0) is 16.1. The fraction of sp³-hybridized carbons (Fsp3) is 0.533. The lowest BCUT2D eigenvalue weighted by atomic mass is 10.2. The van der Waals surface area contributed by atoms with E-state index in [0.717, 1.165) is 36.2 Å². The molecule has 2 aromatic rings. The quantitative estimate of drug-likeness (QED) is 0.650. The lowest BCUT2D eigenvalue weighted by molar-refractivity contribution is 0.728. The van der Waals surface area contributed by atoms with Gasteiger partial charge in [-0.1, -0.05) is 0 Å². The van der Waals surface area contributed by atoms with Crippen molar-refractivity contribution in [2.24, 2.45) is 12.0 Å². The number of guanidine groups is 1. The molecular weight excluding hydrogens is 296 g/mol. The largest absolute Gasteiger partial charge is 0.356 e. The van der Waals surface area contributed by atoms with Crippen LogP contribution >= 0.6 is 11.3 Å². The molecule has 2 heterocycles. The van der Waals surface area contributed by atoms with Gasteiger partial charge >= 0.3 is 0 Å². The fourth-order valence-corrected chi connectivity index (χ4v) is 3.06. The van der Waals surface area contributed by atoms with Crippen molar-refractivity contribution in [1.82, 2.24) is 25.4 Å². The highest BCUT2D eigenvalue weighted by molar-refractivity contribution is 7.11. The highest BCUT2D eigenvalue weighted by Crippen LogP contribution is 2.12. The summed E-state index contributed by atoms with van der Waals surface area (Å²) < 4.78 is 1.91. The van der Waals surface area contributed by atoms with E-state index in [1.54, 1.807) is 18.4 Å². The SMILES string of the molecule is CN=C(NCCc1ncc(C)s1)NCc1c(C)nn(C)c1C. The number of nitrogens with zero attached hydrogens (tertiary/aromatic N) is 4. The van der Waals surface area contributed by atoms with E-state index in [-0.39, 0.29) is 0 Å². The zero-order valence-corrected chi connectivity index (χ0v) is 14.7. The predicted molar refractivity (Wildman–Crippen MR) is 91.4 cm³/mol. The summed E-state index contributed by atoms with van der Waals surface area (Å²) in [5.74, 6) is 0.802. The fourth-order valence-electron chi connectivity index (χ4n) is 2.27.